The zero-order valence-corrected chi connectivity index (χ0v) is 6.63. The number of carboxylic acid groups (broad SMARTS) is 1. The summed E-state index contributed by atoms with van der Waals surface area (Å²) in [7, 11) is 2.02. The number of carbonyl (C=O) groups excluding carboxylic acids is 1. The lowest BCUT2D eigenvalue weighted by Gasteiger charge is -2.03. The number of hydrogen-bond acceptors (Lipinski definition) is 3. The highest BCUT2D eigenvalue weighted by atomic mass is 19.4. The van der Waals surface area contributed by atoms with Crippen LogP contribution in [0.25, 0.3) is 0 Å². The SMILES string of the molecule is C[NH+]1C=CN=C1.O=C([O-])C(F)(F)F.[H+]. The van der Waals surface area contributed by atoms with Crippen molar-refractivity contribution in [1.82, 2.24) is 0 Å². The number of carboxylic acids is 1. The van der Waals surface area contributed by atoms with Gasteiger partial charge >= 0.3 is 7.60 Å². The third kappa shape index (κ3) is 5.85. The van der Waals surface area contributed by atoms with E-state index in [-0.39, 0.29) is 1.43 Å². The smallest absolute Gasteiger partial charge is 0.542 e. The first kappa shape index (κ1) is 11.6. The number of aliphatic carboxylic acids is 1. The maximum atomic E-state index is 10.5. The van der Waals surface area contributed by atoms with Gasteiger partial charge in [-0.25, -0.2) is 4.99 Å². The van der Waals surface area contributed by atoms with Gasteiger partial charge in [0, 0.05) is 0 Å². The molecule has 0 bridgehead atoms. The molecule has 0 aromatic carbocycles. The second-order valence-corrected chi connectivity index (χ2v) is 2.12. The van der Waals surface area contributed by atoms with Gasteiger partial charge in [0.05, 0.1) is 13.2 Å². The monoisotopic (exact) mass is 197 g/mol. The molecule has 0 radical (unpaired) electrons. The van der Waals surface area contributed by atoms with E-state index >= 15 is 0 Å². The molecule has 7 heteroatoms. The molecule has 0 aromatic heterocycles. The summed E-state index contributed by atoms with van der Waals surface area (Å²) in [5, 5.41) is 8.78. The lowest BCUT2D eigenvalue weighted by Crippen LogP contribution is -3.01. The molecule has 0 aromatic rings. The maximum absolute atomic E-state index is 10.5. The summed E-state index contributed by atoms with van der Waals surface area (Å²) >= 11 is 0. The van der Waals surface area contributed by atoms with Crippen LogP contribution in [-0.2, 0) is 4.79 Å². The first-order chi connectivity index (χ1) is 5.84. The van der Waals surface area contributed by atoms with Gasteiger partial charge < -0.3 is 9.90 Å². The van der Waals surface area contributed by atoms with Crippen LogP contribution in [0.5, 0.6) is 0 Å². The second kappa shape index (κ2) is 4.61. The van der Waals surface area contributed by atoms with E-state index in [0.29, 0.717) is 0 Å². The molecule has 0 amide bonds. The Hall–Kier alpha value is -1.37. The second-order valence-electron chi connectivity index (χ2n) is 2.12. The Morgan fingerprint density at radius 3 is 2.15 bits per heavy atom. The molecule has 1 aliphatic heterocycles. The molecule has 1 N–H and O–H groups in total. The highest BCUT2D eigenvalue weighted by Crippen LogP contribution is 2.11. The maximum Gasteiger partial charge on any atom is 1.00 e. The van der Waals surface area contributed by atoms with Crippen LogP contribution in [0.15, 0.2) is 17.4 Å². The third-order valence-electron chi connectivity index (χ3n) is 0.933. The number of aliphatic imine (C=N–C) groups is 1. The van der Waals surface area contributed by atoms with Crippen molar-refractivity contribution in [2.45, 2.75) is 6.18 Å². The standard InChI is InChI=1S/C4H6N2.C2HF3O2/c1-6-3-2-5-4-6;3-2(4,5)1(6)7/h2-4H,1H3;(H,6,7)/p+1. The predicted octanol–water partition coefficient (Wildman–Crippen LogP) is -1.57. The van der Waals surface area contributed by atoms with Crippen LogP contribution in [0, 0.1) is 0 Å². The van der Waals surface area contributed by atoms with Gasteiger partial charge in [-0.2, -0.15) is 13.2 Å². The van der Waals surface area contributed by atoms with Crippen molar-refractivity contribution in [3.63, 3.8) is 0 Å². The minimum absolute atomic E-state index is 0. The topological polar surface area (TPSA) is 56.9 Å². The summed E-state index contributed by atoms with van der Waals surface area (Å²) in [6.07, 6.45) is 0.398. The van der Waals surface area contributed by atoms with Crippen LogP contribution in [0.3, 0.4) is 0 Å². The summed E-state index contributed by atoms with van der Waals surface area (Å²) in [5.74, 6) is -3.01. The number of hydrogen-bond donors (Lipinski definition) is 1. The van der Waals surface area contributed by atoms with Gasteiger partial charge in [0.2, 0.25) is 0 Å². The fraction of sp³-hybridized carbons (Fsp3) is 0.333. The normalized spacial score (nSPS) is 19.5. The molecule has 1 heterocycles. The van der Waals surface area contributed by atoms with E-state index < -0.39 is 12.1 Å². The highest BCUT2D eigenvalue weighted by Gasteiger charge is 2.28. The fourth-order valence-electron chi connectivity index (χ4n) is 0.364. The van der Waals surface area contributed by atoms with Crippen LogP contribution < -0.4 is 10.0 Å². The quantitative estimate of drug-likeness (QED) is 0.509. The van der Waals surface area contributed by atoms with Gasteiger partial charge in [0.15, 0.2) is 6.34 Å². The van der Waals surface area contributed by atoms with Gasteiger partial charge in [-0.1, -0.05) is 0 Å². The molecule has 1 aliphatic rings. The van der Waals surface area contributed by atoms with Crippen molar-refractivity contribution in [1.29, 1.82) is 0 Å². The molecule has 1 atom stereocenters. The summed E-state index contributed by atoms with van der Waals surface area (Å²) in [6, 6.07) is 0. The largest absolute Gasteiger partial charge is 1.00 e. The van der Waals surface area contributed by atoms with Crippen molar-refractivity contribution in [3.8, 4) is 0 Å². The molecule has 0 spiro atoms. The summed E-state index contributed by atoms with van der Waals surface area (Å²) in [4.78, 5) is 13.8. The average Bonchev–Trinajstić information content (AvgIpc) is 2.38. The first-order valence-electron chi connectivity index (χ1n) is 3.15. The number of carbonyl (C=O) groups is 1. The van der Waals surface area contributed by atoms with Crippen molar-refractivity contribution in [2.24, 2.45) is 4.99 Å². The molecule has 13 heavy (non-hydrogen) atoms. The Morgan fingerprint density at radius 2 is 2.08 bits per heavy atom. The molecule has 1 unspecified atom stereocenters. The Labute approximate surface area is 73.5 Å². The van der Waals surface area contributed by atoms with Crippen LogP contribution >= 0.6 is 0 Å². The molecule has 4 nitrogen and oxygen atoms in total. The average molecular weight is 197 g/mol. The molecule has 0 saturated carbocycles. The number of quaternary nitrogens is 1. The van der Waals surface area contributed by atoms with E-state index in [2.05, 4.69) is 4.99 Å². The Kier molecular flexibility index (Phi) is 4.12. The zero-order valence-electron chi connectivity index (χ0n) is 7.63. The van der Waals surface area contributed by atoms with Crippen molar-refractivity contribution in [3.05, 3.63) is 12.4 Å². The Bertz CT molecular complexity index is 228. The summed E-state index contributed by atoms with van der Waals surface area (Å²) in [6.45, 7) is 0. The number of nitrogens with zero attached hydrogens (tertiary/aromatic N) is 1. The Balaban J connectivity index is 0. The third-order valence-corrected chi connectivity index (χ3v) is 0.933. The van der Waals surface area contributed by atoms with E-state index in [0.717, 1.165) is 0 Å². The minimum Gasteiger partial charge on any atom is -0.542 e. The fourth-order valence-corrected chi connectivity index (χ4v) is 0.364. The van der Waals surface area contributed by atoms with E-state index in [1.54, 1.807) is 6.20 Å². The number of nitrogens with one attached hydrogen (secondary N) is 1. The van der Waals surface area contributed by atoms with E-state index in [4.69, 9.17) is 9.90 Å². The van der Waals surface area contributed by atoms with Crippen LogP contribution in [0.2, 0.25) is 0 Å². The number of rotatable bonds is 0. The van der Waals surface area contributed by atoms with Gasteiger partial charge in [0.25, 0.3) is 0 Å². The van der Waals surface area contributed by atoms with Gasteiger partial charge in [-0.3, -0.25) is 4.90 Å². The van der Waals surface area contributed by atoms with E-state index in [1.165, 1.54) is 4.90 Å². The molecular formula is C6H8F3N2O2+. The zero-order chi connectivity index (χ0) is 10.5. The first-order valence-corrected chi connectivity index (χ1v) is 3.15. The van der Waals surface area contributed by atoms with Crippen molar-refractivity contribution >= 4 is 12.3 Å². The highest BCUT2D eigenvalue weighted by molar-refractivity contribution is 5.70. The van der Waals surface area contributed by atoms with Gasteiger partial charge in [-0.15, -0.1) is 0 Å². The molecule has 0 fully saturated rings. The van der Waals surface area contributed by atoms with E-state index in [1.807, 2.05) is 19.6 Å². The molecule has 74 valence electrons. The van der Waals surface area contributed by atoms with Crippen molar-refractivity contribution < 1.29 is 29.4 Å². The number of halogens is 3. The van der Waals surface area contributed by atoms with Gasteiger partial charge in [0.1, 0.15) is 12.2 Å². The number of alkyl halides is 3. The van der Waals surface area contributed by atoms with E-state index in [9.17, 15) is 13.2 Å². The van der Waals surface area contributed by atoms with Crippen molar-refractivity contribution in [2.75, 3.05) is 7.05 Å². The van der Waals surface area contributed by atoms with Crippen LogP contribution in [0.1, 0.15) is 1.43 Å². The van der Waals surface area contributed by atoms with Crippen LogP contribution in [-0.4, -0.2) is 25.5 Å². The predicted molar refractivity (Wildman–Crippen MR) is 36.7 cm³/mol. The Morgan fingerprint density at radius 1 is 1.62 bits per heavy atom. The minimum atomic E-state index is -5.19. The molecule has 0 saturated heterocycles. The lowest BCUT2D eigenvalue weighted by atomic mass is 10.7. The lowest BCUT2D eigenvalue weighted by molar-refractivity contribution is -0.709. The molecule has 1 rings (SSSR count). The summed E-state index contributed by atoms with van der Waals surface area (Å²) < 4.78 is 31.5. The van der Waals surface area contributed by atoms with Crippen LogP contribution in [0.4, 0.5) is 13.2 Å². The molecular weight excluding hydrogens is 189 g/mol. The molecule has 0 aliphatic carbocycles. The van der Waals surface area contributed by atoms with Gasteiger partial charge in [-0.05, 0) is 0 Å². The summed E-state index contributed by atoms with van der Waals surface area (Å²) in [5.41, 5.74) is 0.